The van der Waals surface area contributed by atoms with Crippen molar-refractivity contribution in [2.45, 2.75) is 6.92 Å². The van der Waals surface area contributed by atoms with Crippen LogP contribution in [0, 0.1) is 6.92 Å². The molecule has 128 valence electrons. The van der Waals surface area contributed by atoms with Gasteiger partial charge >= 0.3 is 5.97 Å². The van der Waals surface area contributed by atoms with E-state index in [0.717, 1.165) is 22.2 Å². The number of ether oxygens (including phenoxy) is 1. The molecule has 3 heterocycles. The standard InChI is InChI=1S/C20H15N3O2S/c1-12-5-2-3-7-16(12)25-20(24)18-17(21)14-8-9-15(23-19(14)26-18)13-6-4-10-22-11-13/h2-11H,21H2,1H3. The number of carbonyl (C=O) groups is 1. The predicted molar refractivity (Wildman–Crippen MR) is 103 cm³/mol. The fourth-order valence-corrected chi connectivity index (χ4v) is 3.61. The van der Waals surface area contributed by atoms with E-state index >= 15 is 0 Å². The van der Waals surface area contributed by atoms with Crippen LogP contribution in [0.5, 0.6) is 5.75 Å². The molecule has 0 aliphatic heterocycles. The number of pyridine rings is 2. The fourth-order valence-electron chi connectivity index (χ4n) is 2.64. The Labute approximate surface area is 154 Å². The third-order valence-electron chi connectivity index (χ3n) is 4.03. The highest BCUT2D eigenvalue weighted by Crippen LogP contribution is 2.35. The molecule has 0 radical (unpaired) electrons. The summed E-state index contributed by atoms with van der Waals surface area (Å²) in [5.74, 6) is 0.0566. The normalized spacial score (nSPS) is 10.8. The number of carbonyl (C=O) groups excluding carboxylic acids is 1. The minimum atomic E-state index is -0.470. The van der Waals surface area contributed by atoms with Gasteiger partial charge in [-0.15, -0.1) is 11.3 Å². The molecule has 0 atom stereocenters. The van der Waals surface area contributed by atoms with Gasteiger partial charge in [-0.2, -0.15) is 0 Å². The van der Waals surface area contributed by atoms with Crippen LogP contribution in [0.2, 0.25) is 0 Å². The van der Waals surface area contributed by atoms with Crippen molar-refractivity contribution in [2.24, 2.45) is 0 Å². The second-order valence-electron chi connectivity index (χ2n) is 5.79. The van der Waals surface area contributed by atoms with Gasteiger partial charge in [-0.1, -0.05) is 18.2 Å². The van der Waals surface area contributed by atoms with Gasteiger partial charge in [-0.3, -0.25) is 4.98 Å². The van der Waals surface area contributed by atoms with E-state index in [1.807, 2.05) is 49.4 Å². The number of para-hydroxylation sites is 1. The first-order valence-electron chi connectivity index (χ1n) is 8.00. The van der Waals surface area contributed by atoms with Crippen LogP contribution < -0.4 is 10.5 Å². The minimum absolute atomic E-state index is 0.360. The molecule has 0 unspecified atom stereocenters. The highest BCUT2D eigenvalue weighted by Gasteiger charge is 2.20. The molecule has 26 heavy (non-hydrogen) atoms. The number of rotatable bonds is 3. The SMILES string of the molecule is Cc1ccccc1OC(=O)c1sc2nc(-c3cccnc3)ccc2c1N. The smallest absolute Gasteiger partial charge is 0.355 e. The van der Waals surface area contributed by atoms with E-state index in [2.05, 4.69) is 9.97 Å². The molecule has 6 heteroatoms. The number of thiophene rings is 1. The molecule has 5 nitrogen and oxygen atoms in total. The summed E-state index contributed by atoms with van der Waals surface area (Å²) < 4.78 is 5.51. The number of nitrogens with zero attached hydrogens (tertiary/aromatic N) is 2. The zero-order valence-electron chi connectivity index (χ0n) is 14.0. The van der Waals surface area contributed by atoms with Gasteiger partial charge in [0.1, 0.15) is 15.5 Å². The molecule has 2 N–H and O–H groups in total. The highest BCUT2D eigenvalue weighted by molar-refractivity contribution is 7.21. The van der Waals surface area contributed by atoms with Gasteiger partial charge in [0.15, 0.2) is 0 Å². The Morgan fingerprint density at radius 1 is 1.12 bits per heavy atom. The van der Waals surface area contributed by atoms with Crippen molar-refractivity contribution in [1.29, 1.82) is 0 Å². The molecule has 0 aliphatic carbocycles. The molecule has 0 saturated carbocycles. The Kier molecular flexibility index (Phi) is 4.10. The fraction of sp³-hybridized carbons (Fsp3) is 0.0500. The molecule has 0 amide bonds. The van der Waals surface area contributed by atoms with Gasteiger partial charge in [-0.05, 0) is 42.8 Å². The monoisotopic (exact) mass is 361 g/mol. The predicted octanol–water partition coefficient (Wildman–Crippen LogP) is 4.47. The minimum Gasteiger partial charge on any atom is -0.422 e. The lowest BCUT2D eigenvalue weighted by Gasteiger charge is -2.05. The molecule has 1 aromatic carbocycles. The number of nitrogens with two attached hydrogens (primary N) is 1. The highest BCUT2D eigenvalue weighted by atomic mass is 32.1. The van der Waals surface area contributed by atoms with Gasteiger partial charge in [0.2, 0.25) is 0 Å². The molecule has 3 aromatic heterocycles. The first kappa shape index (κ1) is 16.2. The summed E-state index contributed by atoms with van der Waals surface area (Å²) >= 11 is 1.23. The second-order valence-corrected chi connectivity index (χ2v) is 6.79. The van der Waals surface area contributed by atoms with Crippen LogP contribution in [0.4, 0.5) is 5.69 Å². The maximum Gasteiger partial charge on any atom is 0.355 e. The Morgan fingerprint density at radius 2 is 1.96 bits per heavy atom. The maximum absolute atomic E-state index is 12.6. The summed E-state index contributed by atoms with van der Waals surface area (Å²) in [7, 11) is 0. The van der Waals surface area contributed by atoms with Crippen LogP contribution in [-0.4, -0.2) is 15.9 Å². The van der Waals surface area contributed by atoms with E-state index in [9.17, 15) is 4.79 Å². The van der Waals surface area contributed by atoms with Crippen molar-refractivity contribution in [1.82, 2.24) is 9.97 Å². The van der Waals surface area contributed by atoms with Crippen LogP contribution in [0.15, 0.2) is 60.9 Å². The Bertz CT molecular complexity index is 1110. The lowest BCUT2D eigenvalue weighted by Crippen LogP contribution is -2.09. The van der Waals surface area contributed by atoms with Crippen molar-refractivity contribution < 1.29 is 9.53 Å². The van der Waals surface area contributed by atoms with E-state index in [4.69, 9.17) is 10.5 Å². The van der Waals surface area contributed by atoms with Crippen LogP contribution in [0.25, 0.3) is 21.5 Å². The summed E-state index contributed by atoms with van der Waals surface area (Å²) in [5, 5.41) is 0.749. The number of anilines is 1. The van der Waals surface area contributed by atoms with Crippen molar-refractivity contribution in [3.8, 4) is 17.0 Å². The number of aryl methyl sites for hydroxylation is 1. The molecule has 0 bridgehead atoms. The summed E-state index contributed by atoms with van der Waals surface area (Å²) in [6, 6.07) is 14.9. The van der Waals surface area contributed by atoms with E-state index < -0.39 is 5.97 Å². The van der Waals surface area contributed by atoms with Crippen molar-refractivity contribution in [3.63, 3.8) is 0 Å². The van der Waals surface area contributed by atoms with E-state index in [1.54, 1.807) is 18.5 Å². The number of nitrogen functional groups attached to an aromatic ring is 1. The third kappa shape index (κ3) is 2.91. The Balaban J connectivity index is 1.71. The van der Waals surface area contributed by atoms with E-state index in [-0.39, 0.29) is 0 Å². The Hall–Kier alpha value is -3.25. The third-order valence-corrected chi connectivity index (χ3v) is 5.13. The average molecular weight is 361 g/mol. The van der Waals surface area contributed by atoms with Crippen LogP contribution in [-0.2, 0) is 0 Å². The van der Waals surface area contributed by atoms with Crippen molar-refractivity contribution in [3.05, 3.63) is 71.4 Å². The lowest BCUT2D eigenvalue weighted by atomic mass is 10.1. The molecule has 0 aliphatic rings. The quantitative estimate of drug-likeness (QED) is 0.430. The number of aromatic nitrogens is 2. The maximum atomic E-state index is 12.6. The van der Waals surface area contributed by atoms with E-state index in [1.165, 1.54) is 11.3 Å². The number of esters is 1. The zero-order valence-corrected chi connectivity index (χ0v) is 14.8. The lowest BCUT2D eigenvalue weighted by molar-refractivity contribution is 0.0739. The number of fused-ring (bicyclic) bond motifs is 1. The molecule has 4 aromatic rings. The largest absolute Gasteiger partial charge is 0.422 e. The van der Waals surface area contributed by atoms with Gasteiger partial charge in [0, 0.05) is 23.3 Å². The van der Waals surface area contributed by atoms with Gasteiger partial charge < -0.3 is 10.5 Å². The number of benzene rings is 1. The van der Waals surface area contributed by atoms with Crippen molar-refractivity contribution >= 4 is 33.2 Å². The summed E-state index contributed by atoms with van der Waals surface area (Å²) in [5.41, 5.74) is 9.15. The first-order chi connectivity index (χ1) is 12.6. The number of hydrogen-bond acceptors (Lipinski definition) is 6. The zero-order chi connectivity index (χ0) is 18.1. The molecule has 0 spiro atoms. The van der Waals surface area contributed by atoms with Crippen LogP contribution in [0.1, 0.15) is 15.2 Å². The first-order valence-corrected chi connectivity index (χ1v) is 8.82. The summed E-state index contributed by atoms with van der Waals surface area (Å²) in [4.78, 5) is 22.4. The second kappa shape index (κ2) is 6.57. The summed E-state index contributed by atoms with van der Waals surface area (Å²) in [6.45, 7) is 1.89. The average Bonchev–Trinajstić information content (AvgIpc) is 3.00. The Morgan fingerprint density at radius 3 is 2.73 bits per heavy atom. The van der Waals surface area contributed by atoms with E-state index in [0.29, 0.717) is 21.1 Å². The van der Waals surface area contributed by atoms with Gasteiger partial charge in [-0.25, -0.2) is 9.78 Å². The molecule has 0 fully saturated rings. The van der Waals surface area contributed by atoms with Gasteiger partial charge in [0.05, 0.1) is 11.4 Å². The van der Waals surface area contributed by atoms with Crippen molar-refractivity contribution in [2.75, 3.05) is 5.73 Å². The van der Waals surface area contributed by atoms with Gasteiger partial charge in [0.25, 0.3) is 0 Å². The number of hydrogen-bond donors (Lipinski definition) is 1. The van der Waals surface area contributed by atoms with Crippen LogP contribution in [0.3, 0.4) is 0 Å². The molecular weight excluding hydrogens is 346 g/mol. The summed E-state index contributed by atoms with van der Waals surface area (Å²) in [6.07, 6.45) is 3.46. The topological polar surface area (TPSA) is 78.1 Å². The molecular formula is C20H15N3O2S. The van der Waals surface area contributed by atoms with Crippen LogP contribution >= 0.6 is 11.3 Å². The molecule has 0 saturated heterocycles. The molecule has 4 rings (SSSR count).